The molecule has 0 bridgehead atoms. The lowest BCUT2D eigenvalue weighted by molar-refractivity contribution is -0.139. The molecule has 0 aromatic rings. The first-order valence-electron chi connectivity index (χ1n) is 7.60. The lowest BCUT2D eigenvalue weighted by atomic mass is 9.80. The highest BCUT2D eigenvalue weighted by molar-refractivity contribution is 5.79. The van der Waals surface area contributed by atoms with Crippen molar-refractivity contribution in [2.24, 2.45) is 29.4 Å². The van der Waals surface area contributed by atoms with E-state index in [2.05, 4.69) is 18.7 Å². The second kappa shape index (κ2) is 6.05. The number of amides is 1. The topological polar surface area (TPSA) is 46.3 Å². The molecule has 18 heavy (non-hydrogen) atoms. The molecule has 1 saturated carbocycles. The van der Waals surface area contributed by atoms with Crippen molar-refractivity contribution in [3.05, 3.63) is 0 Å². The molecule has 3 nitrogen and oxygen atoms in total. The number of carbonyl (C=O) groups is 1. The minimum absolute atomic E-state index is 0.257. The van der Waals surface area contributed by atoms with E-state index in [9.17, 15) is 4.79 Å². The monoisotopic (exact) mass is 252 g/mol. The van der Waals surface area contributed by atoms with Gasteiger partial charge in [0.05, 0.1) is 0 Å². The van der Waals surface area contributed by atoms with Gasteiger partial charge in [0.25, 0.3) is 0 Å². The summed E-state index contributed by atoms with van der Waals surface area (Å²) in [5.41, 5.74) is 5.76. The number of nitrogens with two attached hydrogens (primary N) is 1. The van der Waals surface area contributed by atoms with Crippen molar-refractivity contribution in [1.29, 1.82) is 0 Å². The highest BCUT2D eigenvalue weighted by atomic mass is 16.2. The Balaban J connectivity index is 1.90. The summed E-state index contributed by atoms with van der Waals surface area (Å²) >= 11 is 0. The van der Waals surface area contributed by atoms with Crippen LogP contribution in [0.4, 0.5) is 0 Å². The minimum Gasteiger partial charge on any atom is -0.342 e. The van der Waals surface area contributed by atoms with Gasteiger partial charge in [-0.2, -0.15) is 0 Å². The summed E-state index contributed by atoms with van der Waals surface area (Å²) in [6, 6.07) is 0. The summed E-state index contributed by atoms with van der Waals surface area (Å²) in [6.07, 6.45) is 5.66. The Hall–Kier alpha value is -0.570. The minimum atomic E-state index is 0.257. The van der Waals surface area contributed by atoms with Gasteiger partial charge in [0.1, 0.15) is 0 Å². The first-order valence-corrected chi connectivity index (χ1v) is 7.60. The number of carbonyl (C=O) groups excluding carboxylic acids is 1. The maximum Gasteiger partial charge on any atom is 0.225 e. The molecule has 0 radical (unpaired) electrons. The second-order valence-corrected chi connectivity index (χ2v) is 6.49. The van der Waals surface area contributed by atoms with Crippen LogP contribution in [0.5, 0.6) is 0 Å². The van der Waals surface area contributed by atoms with Crippen LogP contribution in [0.25, 0.3) is 0 Å². The van der Waals surface area contributed by atoms with Crippen molar-refractivity contribution in [3.63, 3.8) is 0 Å². The molecule has 2 N–H and O–H groups in total. The molecule has 104 valence electrons. The number of nitrogens with zero attached hydrogens (tertiary/aromatic N) is 1. The van der Waals surface area contributed by atoms with Crippen LogP contribution in [-0.4, -0.2) is 30.4 Å². The number of likely N-dealkylation sites (tertiary alicyclic amines) is 1. The summed E-state index contributed by atoms with van der Waals surface area (Å²) in [7, 11) is 0. The van der Waals surface area contributed by atoms with E-state index in [0.29, 0.717) is 17.7 Å². The number of hydrogen-bond acceptors (Lipinski definition) is 2. The quantitative estimate of drug-likeness (QED) is 0.819. The first-order chi connectivity index (χ1) is 8.61. The summed E-state index contributed by atoms with van der Waals surface area (Å²) in [6.45, 7) is 7.25. The predicted octanol–water partition coefficient (Wildman–Crippen LogP) is 2.26. The molecule has 1 heterocycles. The van der Waals surface area contributed by atoms with E-state index < -0.39 is 0 Å². The maximum atomic E-state index is 12.6. The zero-order valence-electron chi connectivity index (χ0n) is 11.9. The van der Waals surface area contributed by atoms with E-state index in [0.717, 1.165) is 38.4 Å². The average molecular weight is 252 g/mol. The van der Waals surface area contributed by atoms with Crippen molar-refractivity contribution < 1.29 is 4.79 Å². The van der Waals surface area contributed by atoms with E-state index in [1.807, 2.05) is 0 Å². The van der Waals surface area contributed by atoms with E-state index in [1.165, 1.54) is 19.3 Å². The van der Waals surface area contributed by atoms with Crippen LogP contribution in [0.2, 0.25) is 0 Å². The third-order valence-electron chi connectivity index (χ3n) is 5.11. The van der Waals surface area contributed by atoms with Gasteiger partial charge in [-0.15, -0.1) is 0 Å². The first kappa shape index (κ1) is 13.9. The Bertz CT molecular complexity index is 284. The van der Waals surface area contributed by atoms with E-state index in [-0.39, 0.29) is 5.92 Å². The van der Waals surface area contributed by atoms with Crippen LogP contribution in [0.15, 0.2) is 0 Å². The smallest absolute Gasteiger partial charge is 0.225 e. The molecule has 0 spiro atoms. The molecule has 4 unspecified atom stereocenters. The normalized spacial score (nSPS) is 37.6. The van der Waals surface area contributed by atoms with Crippen LogP contribution in [0.1, 0.15) is 46.0 Å². The van der Waals surface area contributed by atoms with Gasteiger partial charge in [-0.3, -0.25) is 4.79 Å². The van der Waals surface area contributed by atoms with Crippen molar-refractivity contribution in [3.8, 4) is 0 Å². The molecule has 3 heteroatoms. The van der Waals surface area contributed by atoms with Gasteiger partial charge in [0.15, 0.2) is 0 Å². The Morgan fingerprint density at radius 2 is 2.00 bits per heavy atom. The van der Waals surface area contributed by atoms with Crippen molar-refractivity contribution in [2.75, 3.05) is 19.6 Å². The predicted molar refractivity (Wildman–Crippen MR) is 74.0 cm³/mol. The zero-order valence-corrected chi connectivity index (χ0v) is 11.9. The SMILES string of the molecule is CC1CCN(C(=O)C2CCCC(CN)C2)CC1C. The molecule has 2 aliphatic rings. The van der Waals surface area contributed by atoms with Crippen LogP contribution < -0.4 is 5.73 Å². The molecule has 2 rings (SSSR count). The van der Waals surface area contributed by atoms with Crippen LogP contribution >= 0.6 is 0 Å². The third kappa shape index (κ3) is 3.05. The molecule has 0 aromatic carbocycles. The van der Waals surface area contributed by atoms with Crippen LogP contribution in [0, 0.1) is 23.7 Å². The maximum absolute atomic E-state index is 12.6. The average Bonchev–Trinajstić information content (AvgIpc) is 2.41. The van der Waals surface area contributed by atoms with Gasteiger partial charge in [-0.25, -0.2) is 0 Å². The number of rotatable bonds is 2. The molecular formula is C15H28N2O. The summed E-state index contributed by atoms with van der Waals surface area (Å²) < 4.78 is 0. The van der Waals surface area contributed by atoms with E-state index in [4.69, 9.17) is 5.73 Å². The molecule has 0 aromatic heterocycles. The fraction of sp³-hybridized carbons (Fsp3) is 0.933. The van der Waals surface area contributed by atoms with Gasteiger partial charge in [-0.1, -0.05) is 20.3 Å². The summed E-state index contributed by atoms with van der Waals surface area (Å²) in [4.78, 5) is 14.7. The van der Waals surface area contributed by atoms with Crippen molar-refractivity contribution >= 4 is 5.91 Å². The Kier molecular flexibility index (Phi) is 4.66. The van der Waals surface area contributed by atoms with Gasteiger partial charge in [0, 0.05) is 19.0 Å². The van der Waals surface area contributed by atoms with Crippen molar-refractivity contribution in [1.82, 2.24) is 4.90 Å². The van der Waals surface area contributed by atoms with Gasteiger partial charge in [0.2, 0.25) is 5.91 Å². The molecule has 1 aliphatic heterocycles. The summed E-state index contributed by atoms with van der Waals surface area (Å²) in [5, 5.41) is 0. The molecule has 1 aliphatic carbocycles. The standard InChI is InChI=1S/C15H28N2O/c1-11-6-7-17(10-12(11)2)15(18)14-5-3-4-13(8-14)9-16/h11-14H,3-10,16H2,1-2H3. The largest absolute Gasteiger partial charge is 0.342 e. The fourth-order valence-corrected chi connectivity index (χ4v) is 3.45. The highest BCUT2D eigenvalue weighted by Crippen LogP contribution is 2.31. The molecule has 1 saturated heterocycles. The fourth-order valence-electron chi connectivity index (χ4n) is 3.45. The van der Waals surface area contributed by atoms with Gasteiger partial charge >= 0.3 is 0 Å². The highest BCUT2D eigenvalue weighted by Gasteiger charge is 2.32. The molecule has 2 fully saturated rings. The van der Waals surface area contributed by atoms with Crippen LogP contribution in [-0.2, 0) is 4.79 Å². The Morgan fingerprint density at radius 1 is 1.22 bits per heavy atom. The van der Waals surface area contributed by atoms with Gasteiger partial charge in [-0.05, 0) is 50.0 Å². The lowest BCUT2D eigenvalue weighted by Gasteiger charge is -2.38. The van der Waals surface area contributed by atoms with E-state index >= 15 is 0 Å². The van der Waals surface area contributed by atoms with Crippen LogP contribution in [0.3, 0.4) is 0 Å². The summed E-state index contributed by atoms with van der Waals surface area (Å²) in [5.74, 6) is 2.66. The number of hydrogen-bond donors (Lipinski definition) is 1. The van der Waals surface area contributed by atoms with Gasteiger partial charge < -0.3 is 10.6 Å². The second-order valence-electron chi connectivity index (χ2n) is 6.49. The Morgan fingerprint density at radius 3 is 2.67 bits per heavy atom. The lowest BCUT2D eigenvalue weighted by Crippen LogP contribution is -2.46. The van der Waals surface area contributed by atoms with E-state index in [1.54, 1.807) is 0 Å². The number of piperidine rings is 1. The molecular weight excluding hydrogens is 224 g/mol. The van der Waals surface area contributed by atoms with Crippen molar-refractivity contribution in [2.45, 2.75) is 46.0 Å². The molecule has 4 atom stereocenters. The Labute approximate surface area is 111 Å². The molecule has 1 amide bonds. The zero-order chi connectivity index (χ0) is 13.1. The third-order valence-corrected chi connectivity index (χ3v) is 5.11.